The van der Waals surface area contributed by atoms with Crippen molar-refractivity contribution in [2.75, 3.05) is 13.2 Å². The Hall–Kier alpha value is -3.67. The van der Waals surface area contributed by atoms with Crippen LogP contribution in [0, 0.1) is 0 Å². The van der Waals surface area contributed by atoms with Gasteiger partial charge in [-0.3, -0.25) is 14.4 Å². The zero-order valence-corrected chi connectivity index (χ0v) is 54.9. The van der Waals surface area contributed by atoms with E-state index in [1.165, 1.54) is 212 Å². The summed E-state index contributed by atoms with van der Waals surface area (Å²) in [5.41, 5.74) is 0. The van der Waals surface area contributed by atoms with Crippen molar-refractivity contribution in [3.05, 3.63) is 97.2 Å². The molecule has 0 aliphatic heterocycles. The Bertz CT molecular complexity index is 1610. The van der Waals surface area contributed by atoms with E-state index in [0.717, 1.165) is 96.3 Å². The van der Waals surface area contributed by atoms with Crippen LogP contribution < -0.4 is 0 Å². The van der Waals surface area contributed by atoms with E-state index in [2.05, 4.69) is 118 Å². The predicted molar refractivity (Wildman–Crippen MR) is 362 cm³/mol. The third-order valence-electron chi connectivity index (χ3n) is 15.6. The maximum absolute atomic E-state index is 13.0. The Morgan fingerprint density at radius 3 is 0.759 bits per heavy atom. The zero-order valence-electron chi connectivity index (χ0n) is 54.9. The fraction of sp³-hybridized carbons (Fsp3) is 0.753. The Morgan fingerprint density at radius 2 is 0.470 bits per heavy atom. The summed E-state index contributed by atoms with van der Waals surface area (Å²) in [5, 5.41) is 0. The monoisotopic (exact) mass is 1160 g/mol. The predicted octanol–water partition coefficient (Wildman–Crippen LogP) is 24.8. The highest BCUT2D eigenvalue weighted by atomic mass is 16.6. The lowest BCUT2D eigenvalue weighted by molar-refractivity contribution is -0.167. The number of rotatable bonds is 65. The highest BCUT2D eigenvalue weighted by molar-refractivity contribution is 5.71. The average Bonchev–Trinajstić information content (AvgIpc) is 3.49. The van der Waals surface area contributed by atoms with Crippen LogP contribution in [-0.2, 0) is 28.6 Å². The third kappa shape index (κ3) is 69.0. The normalized spacial score (nSPS) is 12.7. The van der Waals surface area contributed by atoms with E-state index < -0.39 is 6.10 Å². The molecule has 6 heteroatoms. The van der Waals surface area contributed by atoms with Crippen LogP contribution in [0.5, 0.6) is 0 Å². The van der Waals surface area contributed by atoms with Gasteiger partial charge in [0.1, 0.15) is 13.2 Å². The summed E-state index contributed by atoms with van der Waals surface area (Å²) in [4.78, 5) is 38.5. The van der Waals surface area contributed by atoms with Gasteiger partial charge in [0.2, 0.25) is 0 Å². The molecular weight excluding hydrogens is 1020 g/mol. The van der Waals surface area contributed by atoms with E-state index >= 15 is 0 Å². The van der Waals surface area contributed by atoms with E-state index in [4.69, 9.17) is 14.2 Å². The van der Waals surface area contributed by atoms with Gasteiger partial charge >= 0.3 is 17.9 Å². The van der Waals surface area contributed by atoms with Gasteiger partial charge < -0.3 is 14.2 Å². The summed E-state index contributed by atoms with van der Waals surface area (Å²) < 4.78 is 17.0. The first-order valence-corrected chi connectivity index (χ1v) is 35.7. The molecule has 1 atom stereocenters. The van der Waals surface area contributed by atoms with Crippen molar-refractivity contribution in [3.63, 3.8) is 0 Å². The van der Waals surface area contributed by atoms with Crippen molar-refractivity contribution in [1.82, 2.24) is 0 Å². The number of allylic oxidation sites excluding steroid dienone is 16. The van der Waals surface area contributed by atoms with Gasteiger partial charge in [-0.1, -0.05) is 330 Å². The molecule has 0 radical (unpaired) electrons. The maximum Gasteiger partial charge on any atom is 0.306 e. The quantitative estimate of drug-likeness (QED) is 0.0261. The minimum atomic E-state index is -0.803. The van der Waals surface area contributed by atoms with Crippen molar-refractivity contribution in [3.8, 4) is 0 Å². The van der Waals surface area contributed by atoms with Crippen molar-refractivity contribution in [2.24, 2.45) is 0 Å². The van der Waals surface area contributed by atoms with Crippen molar-refractivity contribution in [1.29, 1.82) is 0 Å². The van der Waals surface area contributed by atoms with Crippen LogP contribution in [0.25, 0.3) is 0 Å². The molecule has 6 nitrogen and oxygen atoms in total. The Labute approximate surface area is 515 Å². The van der Waals surface area contributed by atoms with Crippen molar-refractivity contribution in [2.45, 2.75) is 361 Å². The molecule has 0 aromatic carbocycles. The largest absolute Gasteiger partial charge is 0.462 e. The molecule has 0 bridgehead atoms. The van der Waals surface area contributed by atoms with Gasteiger partial charge in [-0.2, -0.15) is 0 Å². The Morgan fingerprint density at radius 1 is 0.253 bits per heavy atom. The molecule has 0 heterocycles. The second-order valence-electron chi connectivity index (χ2n) is 23.8. The molecule has 0 amide bonds. The highest BCUT2D eigenvalue weighted by Crippen LogP contribution is 2.18. The fourth-order valence-electron chi connectivity index (χ4n) is 10.2. The van der Waals surface area contributed by atoms with Crippen molar-refractivity contribution >= 4 is 17.9 Å². The summed E-state index contributed by atoms with van der Waals surface area (Å²) in [5.74, 6) is -0.920. The van der Waals surface area contributed by atoms with E-state index in [9.17, 15) is 14.4 Å². The van der Waals surface area contributed by atoms with Crippen molar-refractivity contribution < 1.29 is 28.6 Å². The minimum Gasteiger partial charge on any atom is -0.462 e. The average molecular weight is 1160 g/mol. The minimum absolute atomic E-state index is 0.0928. The lowest BCUT2D eigenvalue weighted by Gasteiger charge is -2.18. The number of hydrogen-bond acceptors (Lipinski definition) is 6. The van der Waals surface area contributed by atoms with Gasteiger partial charge in [-0.15, -0.1) is 0 Å². The Kier molecular flexibility index (Phi) is 67.7. The first-order chi connectivity index (χ1) is 41.0. The van der Waals surface area contributed by atoms with Crippen LogP contribution in [0.1, 0.15) is 355 Å². The van der Waals surface area contributed by atoms with E-state index in [0.29, 0.717) is 19.3 Å². The molecule has 0 rings (SSSR count). The highest BCUT2D eigenvalue weighted by Gasteiger charge is 2.19. The van der Waals surface area contributed by atoms with Gasteiger partial charge in [0.25, 0.3) is 0 Å². The van der Waals surface area contributed by atoms with Crippen LogP contribution >= 0.6 is 0 Å². The van der Waals surface area contributed by atoms with E-state index in [1.807, 2.05) is 0 Å². The Balaban J connectivity index is 4.42. The molecule has 0 fully saturated rings. The molecule has 0 N–H and O–H groups in total. The van der Waals surface area contributed by atoms with Crippen LogP contribution in [0.4, 0.5) is 0 Å². The number of carbonyl (C=O) groups is 3. The summed E-state index contributed by atoms with van der Waals surface area (Å²) in [6.07, 6.45) is 95.7. The smallest absolute Gasteiger partial charge is 0.306 e. The second-order valence-corrected chi connectivity index (χ2v) is 23.8. The van der Waals surface area contributed by atoms with Gasteiger partial charge in [0, 0.05) is 19.3 Å². The molecule has 0 aliphatic carbocycles. The summed E-state index contributed by atoms with van der Waals surface area (Å²) in [7, 11) is 0. The molecule has 1 unspecified atom stereocenters. The summed E-state index contributed by atoms with van der Waals surface area (Å²) in [6.45, 7) is 6.53. The molecule has 478 valence electrons. The zero-order chi connectivity index (χ0) is 59.9. The first kappa shape index (κ1) is 79.3. The molecule has 0 spiro atoms. The summed E-state index contributed by atoms with van der Waals surface area (Å²) in [6, 6.07) is 0. The topological polar surface area (TPSA) is 78.9 Å². The van der Waals surface area contributed by atoms with Gasteiger partial charge in [-0.25, -0.2) is 0 Å². The molecule has 0 saturated carbocycles. The number of unbranched alkanes of at least 4 members (excludes halogenated alkanes) is 38. The number of carbonyl (C=O) groups excluding carboxylic acids is 3. The SMILES string of the molecule is CC/C=C\C/C=C\C/C=C\C/C=C\C/C=C\C/C=C\CCCCC(=O)OC(COC(=O)CCCCCCCCCCCCC/C=C\C/C=C\CCCCCCC)COC(=O)CCCCCCCCCCCCCCCCCCCCCCC. The van der Waals surface area contributed by atoms with Crippen LogP contribution in [-0.4, -0.2) is 37.2 Å². The van der Waals surface area contributed by atoms with E-state index in [1.54, 1.807) is 0 Å². The van der Waals surface area contributed by atoms with Gasteiger partial charge in [-0.05, 0) is 103 Å². The molecular formula is C77H134O6. The number of ether oxygens (including phenoxy) is 3. The van der Waals surface area contributed by atoms with Crippen LogP contribution in [0.3, 0.4) is 0 Å². The standard InChI is InChI=1S/C77H134O6/c1-4-7-10-13-16-19-22-25-28-31-34-37-38-41-43-46-49-52-55-58-61-64-67-70-76(79)82-73-74(83-77(80)71-68-65-62-59-56-53-50-47-44-40-36-33-30-27-24-21-18-15-12-9-6-3)72-81-75(78)69-66-63-60-57-54-51-48-45-42-39-35-32-29-26-23-20-17-14-11-8-5-2/h9,12,18,21-22,25,27,30-31,34,36,40,47,50,56,59,74H,4-8,10-11,13-17,19-20,23-24,26,28-29,32-33,35,37-39,41-46,48-49,51-55,57-58,60-73H2,1-3H3/b12-9-,21-18-,25-22-,30-27-,34-31-,40-36-,50-47-,59-56-. The third-order valence-corrected chi connectivity index (χ3v) is 15.6. The summed E-state index contributed by atoms with van der Waals surface area (Å²) >= 11 is 0. The number of esters is 3. The fourth-order valence-corrected chi connectivity index (χ4v) is 10.2. The van der Waals surface area contributed by atoms with E-state index in [-0.39, 0.29) is 37.5 Å². The molecule has 0 aromatic rings. The molecule has 0 aliphatic rings. The van der Waals surface area contributed by atoms with Crippen LogP contribution in [0.15, 0.2) is 97.2 Å². The van der Waals surface area contributed by atoms with Gasteiger partial charge in [0.15, 0.2) is 6.10 Å². The number of hydrogen-bond donors (Lipinski definition) is 0. The lowest BCUT2D eigenvalue weighted by Crippen LogP contribution is -2.30. The molecule has 0 saturated heterocycles. The van der Waals surface area contributed by atoms with Gasteiger partial charge in [0.05, 0.1) is 0 Å². The molecule has 0 aromatic heterocycles. The maximum atomic E-state index is 13.0. The van der Waals surface area contributed by atoms with Crippen LogP contribution in [0.2, 0.25) is 0 Å². The second kappa shape index (κ2) is 70.8. The lowest BCUT2D eigenvalue weighted by atomic mass is 10.0. The first-order valence-electron chi connectivity index (χ1n) is 35.7. The molecule has 83 heavy (non-hydrogen) atoms.